The Hall–Kier alpha value is -2.38. The van der Waals surface area contributed by atoms with E-state index in [1.54, 1.807) is 12.4 Å². The van der Waals surface area contributed by atoms with Crippen molar-refractivity contribution in [3.05, 3.63) is 41.9 Å². The summed E-state index contributed by atoms with van der Waals surface area (Å²) < 4.78 is 39.3. The van der Waals surface area contributed by atoms with Crippen LogP contribution in [0.1, 0.15) is 36.9 Å². The van der Waals surface area contributed by atoms with Gasteiger partial charge >= 0.3 is 6.18 Å². The molecule has 0 saturated heterocycles. The first-order valence-electron chi connectivity index (χ1n) is 8.36. The van der Waals surface area contributed by atoms with Crippen LogP contribution in [-0.4, -0.2) is 27.5 Å². The normalized spacial score (nSPS) is 15.3. The van der Waals surface area contributed by atoms with Gasteiger partial charge in [0.05, 0.1) is 0 Å². The molecule has 0 aliphatic heterocycles. The molecular weight excluding hydrogens is 331 g/mol. The molecule has 1 aliphatic carbocycles. The second-order valence-corrected chi connectivity index (χ2v) is 6.12. The highest BCUT2D eigenvalue weighted by Crippen LogP contribution is 2.30. The summed E-state index contributed by atoms with van der Waals surface area (Å²) in [7, 11) is 0. The maximum atomic E-state index is 13.1. The number of hydrogen-bond donors (Lipinski definition) is 2. The molecule has 0 unspecified atom stereocenters. The van der Waals surface area contributed by atoms with Crippen LogP contribution in [0.5, 0.6) is 0 Å². The Morgan fingerprint density at radius 1 is 1.08 bits per heavy atom. The molecule has 2 aromatic rings. The summed E-state index contributed by atoms with van der Waals surface area (Å²) in [6.07, 6.45) is 3.56. The van der Waals surface area contributed by atoms with Gasteiger partial charge in [0.2, 0.25) is 5.95 Å². The molecule has 1 saturated carbocycles. The highest BCUT2D eigenvalue weighted by molar-refractivity contribution is 5.43. The fourth-order valence-corrected chi connectivity index (χ4v) is 2.88. The SMILES string of the molecule is FC(F)(F)c1cc(NCCc2ccncc2)nc(NC2CCCC2)n1. The van der Waals surface area contributed by atoms with E-state index in [0.717, 1.165) is 37.3 Å². The molecule has 25 heavy (non-hydrogen) atoms. The summed E-state index contributed by atoms with van der Waals surface area (Å²) in [5.74, 6) is 0.213. The van der Waals surface area contributed by atoms with E-state index in [-0.39, 0.29) is 17.8 Å². The molecule has 0 atom stereocenters. The van der Waals surface area contributed by atoms with Crippen LogP contribution in [0.2, 0.25) is 0 Å². The number of rotatable bonds is 6. The molecule has 0 spiro atoms. The van der Waals surface area contributed by atoms with Gasteiger partial charge in [-0.25, -0.2) is 4.98 Å². The molecule has 2 aromatic heterocycles. The van der Waals surface area contributed by atoms with E-state index >= 15 is 0 Å². The van der Waals surface area contributed by atoms with Crippen LogP contribution in [0.25, 0.3) is 0 Å². The van der Waals surface area contributed by atoms with Crippen LogP contribution in [0, 0.1) is 0 Å². The summed E-state index contributed by atoms with van der Waals surface area (Å²) in [4.78, 5) is 11.8. The number of anilines is 2. The summed E-state index contributed by atoms with van der Waals surface area (Å²) in [5, 5.41) is 5.99. The lowest BCUT2D eigenvalue weighted by Crippen LogP contribution is -2.20. The Morgan fingerprint density at radius 2 is 1.80 bits per heavy atom. The molecule has 8 heteroatoms. The topological polar surface area (TPSA) is 62.7 Å². The second-order valence-electron chi connectivity index (χ2n) is 6.12. The second kappa shape index (κ2) is 7.67. The van der Waals surface area contributed by atoms with Gasteiger partial charge in [-0.3, -0.25) is 4.98 Å². The summed E-state index contributed by atoms with van der Waals surface area (Å²) in [5.41, 5.74) is 0.117. The summed E-state index contributed by atoms with van der Waals surface area (Å²) >= 11 is 0. The minimum atomic E-state index is -4.50. The fourth-order valence-electron chi connectivity index (χ4n) is 2.88. The minimum absolute atomic E-state index is 0.0353. The van der Waals surface area contributed by atoms with Crippen molar-refractivity contribution in [1.82, 2.24) is 15.0 Å². The third kappa shape index (κ3) is 5.04. The minimum Gasteiger partial charge on any atom is -0.370 e. The van der Waals surface area contributed by atoms with Crippen molar-refractivity contribution in [1.29, 1.82) is 0 Å². The zero-order valence-electron chi connectivity index (χ0n) is 13.7. The fraction of sp³-hybridized carbons (Fsp3) is 0.471. The quantitative estimate of drug-likeness (QED) is 0.826. The molecule has 1 aliphatic rings. The molecule has 2 heterocycles. The summed E-state index contributed by atoms with van der Waals surface area (Å²) in [6.45, 7) is 0.473. The van der Waals surface area contributed by atoms with Gasteiger partial charge in [-0.05, 0) is 37.0 Å². The molecule has 0 amide bonds. The van der Waals surface area contributed by atoms with Crippen molar-refractivity contribution in [2.75, 3.05) is 17.2 Å². The molecule has 3 rings (SSSR count). The van der Waals surface area contributed by atoms with Crippen LogP contribution >= 0.6 is 0 Å². The number of nitrogens with zero attached hydrogens (tertiary/aromatic N) is 3. The first-order chi connectivity index (χ1) is 12.0. The van der Waals surface area contributed by atoms with Gasteiger partial charge in [0.1, 0.15) is 5.82 Å². The van der Waals surface area contributed by atoms with Crippen molar-refractivity contribution in [3.8, 4) is 0 Å². The largest absolute Gasteiger partial charge is 0.433 e. The van der Waals surface area contributed by atoms with E-state index in [1.807, 2.05) is 12.1 Å². The predicted octanol–water partition coefficient (Wildman–Crippen LogP) is 3.90. The van der Waals surface area contributed by atoms with Gasteiger partial charge in [0.15, 0.2) is 5.69 Å². The highest BCUT2D eigenvalue weighted by Gasteiger charge is 2.34. The number of hydrogen-bond acceptors (Lipinski definition) is 5. The van der Waals surface area contributed by atoms with Gasteiger partial charge in [-0.15, -0.1) is 0 Å². The first kappa shape index (κ1) is 17.4. The Labute approximate surface area is 144 Å². The molecular formula is C17H20F3N5. The maximum Gasteiger partial charge on any atom is 0.433 e. The lowest BCUT2D eigenvalue weighted by molar-refractivity contribution is -0.141. The van der Waals surface area contributed by atoms with Gasteiger partial charge in [0, 0.05) is 31.0 Å². The number of halogens is 3. The number of aromatic nitrogens is 3. The number of alkyl halides is 3. The van der Waals surface area contributed by atoms with E-state index < -0.39 is 11.9 Å². The van der Waals surface area contributed by atoms with Gasteiger partial charge in [-0.1, -0.05) is 12.8 Å². The van der Waals surface area contributed by atoms with Crippen molar-refractivity contribution in [3.63, 3.8) is 0 Å². The molecule has 134 valence electrons. The molecule has 5 nitrogen and oxygen atoms in total. The summed E-state index contributed by atoms with van der Waals surface area (Å²) in [6, 6.07) is 4.84. The van der Waals surface area contributed by atoms with Gasteiger partial charge in [0.25, 0.3) is 0 Å². The number of pyridine rings is 1. The average molecular weight is 351 g/mol. The molecule has 1 fully saturated rings. The van der Waals surface area contributed by atoms with Crippen molar-refractivity contribution in [2.24, 2.45) is 0 Å². The molecule has 0 aromatic carbocycles. The van der Waals surface area contributed by atoms with E-state index in [1.165, 1.54) is 0 Å². The standard InChI is InChI=1S/C17H20F3N5/c18-17(19,20)14-11-15(22-10-7-12-5-8-21-9-6-12)25-16(24-14)23-13-3-1-2-4-13/h5-6,8-9,11,13H,1-4,7,10H2,(H2,22,23,24,25). The average Bonchev–Trinajstić information content (AvgIpc) is 3.08. The lowest BCUT2D eigenvalue weighted by Gasteiger charge is -2.15. The Bertz CT molecular complexity index is 684. The van der Waals surface area contributed by atoms with Crippen molar-refractivity contribution < 1.29 is 13.2 Å². The zero-order valence-corrected chi connectivity index (χ0v) is 13.7. The molecule has 0 bridgehead atoms. The van der Waals surface area contributed by atoms with E-state index in [4.69, 9.17) is 0 Å². The molecule has 2 N–H and O–H groups in total. The van der Waals surface area contributed by atoms with Crippen LogP contribution in [0.15, 0.2) is 30.6 Å². The third-order valence-electron chi connectivity index (χ3n) is 4.17. The van der Waals surface area contributed by atoms with E-state index in [2.05, 4.69) is 25.6 Å². The van der Waals surface area contributed by atoms with Crippen LogP contribution in [0.3, 0.4) is 0 Å². The van der Waals surface area contributed by atoms with E-state index in [0.29, 0.717) is 13.0 Å². The van der Waals surface area contributed by atoms with E-state index in [9.17, 15) is 13.2 Å². The highest BCUT2D eigenvalue weighted by atomic mass is 19.4. The van der Waals surface area contributed by atoms with Gasteiger partial charge < -0.3 is 10.6 Å². The predicted molar refractivity (Wildman–Crippen MR) is 89.3 cm³/mol. The van der Waals surface area contributed by atoms with Crippen LogP contribution in [-0.2, 0) is 12.6 Å². The zero-order chi connectivity index (χ0) is 17.7. The van der Waals surface area contributed by atoms with Gasteiger partial charge in [-0.2, -0.15) is 18.2 Å². The van der Waals surface area contributed by atoms with Crippen molar-refractivity contribution in [2.45, 2.75) is 44.3 Å². The Balaban J connectivity index is 1.70. The lowest BCUT2D eigenvalue weighted by atomic mass is 10.2. The molecule has 0 radical (unpaired) electrons. The van der Waals surface area contributed by atoms with Crippen LogP contribution in [0.4, 0.5) is 24.9 Å². The monoisotopic (exact) mass is 351 g/mol. The third-order valence-corrected chi connectivity index (χ3v) is 4.17. The first-order valence-corrected chi connectivity index (χ1v) is 8.36. The Kier molecular flexibility index (Phi) is 5.35. The maximum absolute atomic E-state index is 13.1. The van der Waals surface area contributed by atoms with Crippen LogP contribution < -0.4 is 10.6 Å². The Morgan fingerprint density at radius 3 is 2.48 bits per heavy atom. The number of nitrogens with one attached hydrogen (secondary N) is 2. The van der Waals surface area contributed by atoms with Crippen molar-refractivity contribution >= 4 is 11.8 Å². The smallest absolute Gasteiger partial charge is 0.370 e.